The minimum atomic E-state index is -0.232. The molecule has 0 aliphatic rings. The molecule has 2 rings (SSSR count). The van der Waals surface area contributed by atoms with E-state index < -0.39 is 0 Å². The molecule has 1 amide bonds. The Morgan fingerprint density at radius 1 is 1.22 bits per heavy atom. The van der Waals surface area contributed by atoms with Crippen LogP contribution in [-0.4, -0.2) is 19.0 Å². The number of nitrogens with one attached hydrogen (secondary N) is 1. The van der Waals surface area contributed by atoms with Crippen molar-refractivity contribution in [2.45, 2.75) is 19.4 Å². The Labute approximate surface area is 140 Å². The first-order valence-corrected chi connectivity index (χ1v) is 8.03. The molecule has 0 radical (unpaired) electrons. The van der Waals surface area contributed by atoms with E-state index in [1.165, 1.54) is 6.07 Å². The number of hydrogen-bond acceptors (Lipinski definition) is 1. The standard InChI is InChI=1S/C18H20ClFN2O/c1-13(14-6-8-16(19)9-7-14)22-12-18(23)21-11-10-15-4-2-3-5-17(15)20/h2-9,13,22H,10-12H2,1H3,(H,21,23)/p+1/t13-/m1/s1. The molecule has 1 atom stereocenters. The van der Waals surface area contributed by atoms with E-state index in [4.69, 9.17) is 11.6 Å². The second-order valence-electron chi connectivity index (χ2n) is 5.47. The molecule has 0 aliphatic heterocycles. The average molecular weight is 336 g/mol. The van der Waals surface area contributed by atoms with Gasteiger partial charge in [0.15, 0.2) is 6.54 Å². The minimum absolute atomic E-state index is 0.0536. The van der Waals surface area contributed by atoms with Gasteiger partial charge in [-0.05, 0) is 37.1 Å². The number of nitrogens with two attached hydrogens (primary N) is 1. The summed E-state index contributed by atoms with van der Waals surface area (Å²) in [4.78, 5) is 11.9. The van der Waals surface area contributed by atoms with Crippen LogP contribution < -0.4 is 10.6 Å². The molecule has 122 valence electrons. The SMILES string of the molecule is C[C@@H]([NH2+]CC(=O)NCCc1ccccc1F)c1ccc(Cl)cc1. The molecule has 0 fully saturated rings. The van der Waals surface area contributed by atoms with Crippen molar-refractivity contribution in [2.24, 2.45) is 0 Å². The van der Waals surface area contributed by atoms with Gasteiger partial charge in [0.05, 0.1) is 0 Å². The van der Waals surface area contributed by atoms with Crippen LogP contribution in [0.15, 0.2) is 48.5 Å². The molecule has 5 heteroatoms. The predicted molar refractivity (Wildman–Crippen MR) is 89.8 cm³/mol. The summed E-state index contributed by atoms with van der Waals surface area (Å²) < 4.78 is 13.5. The highest BCUT2D eigenvalue weighted by Gasteiger charge is 2.11. The third kappa shape index (κ3) is 5.66. The molecule has 0 spiro atoms. The van der Waals surface area contributed by atoms with Gasteiger partial charge in [-0.1, -0.05) is 41.9 Å². The molecular formula is C18H21ClFN2O+. The first-order valence-electron chi connectivity index (χ1n) is 7.65. The number of quaternary nitrogens is 1. The number of amides is 1. The zero-order valence-corrected chi connectivity index (χ0v) is 13.8. The highest BCUT2D eigenvalue weighted by Crippen LogP contribution is 2.13. The van der Waals surface area contributed by atoms with Gasteiger partial charge >= 0.3 is 0 Å². The lowest BCUT2D eigenvalue weighted by molar-refractivity contribution is -0.682. The van der Waals surface area contributed by atoms with E-state index >= 15 is 0 Å². The van der Waals surface area contributed by atoms with E-state index in [0.717, 1.165) is 5.56 Å². The van der Waals surface area contributed by atoms with Gasteiger partial charge in [0.25, 0.3) is 5.91 Å². The van der Waals surface area contributed by atoms with Crippen LogP contribution in [0.1, 0.15) is 24.1 Å². The normalized spacial score (nSPS) is 12.0. The fraction of sp³-hybridized carbons (Fsp3) is 0.278. The maximum atomic E-state index is 13.5. The van der Waals surface area contributed by atoms with Gasteiger partial charge in [-0.15, -0.1) is 0 Å². The Balaban J connectivity index is 1.71. The van der Waals surface area contributed by atoms with Crippen LogP contribution in [-0.2, 0) is 11.2 Å². The van der Waals surface area contributed by atoms with Gasteiger partial charge in [0.1, 0.15) is 11.9 Å². The quantitative estimate of drug-likeness (QED) is 0.802. The summed E-state index contributed by atoms with van der Waals surface area (Å²) in [5.74, 6) is -0.285. The smallest absolute Gasteiger partial charge is 0.275 e. The zero-order chi connectivity index (χ0) is 16.7. The minimum Gasteiger partial charge on any atom is -0.351 e. The van der Waals surface area contributed by atoms with Crippen molar-refractivity contribution < 1.29 is 14.5 Å². The van der Waals surface area contributed by atoms with Crippen molar-refractivity contribution in [3.63, 3.8) is 0 Å². The maximum Gasteiger partial charge on any atom is 0.275 e. The van der Waals surface area contributed by atoms with Crippen LogP contribution in [0.2, 0.25) is 5.02 Å². The van der Waals surface area contributed by atoms with E-state index in [1.54, 1.807) is 18.2 Å². The molecule has 23 heavy (non-hydrogen) atoms. The summed E-state index contributed by atoms with van der Waals surface area (Å²) in [5, 5.41) is 5.48. The second kappa shape index (κ2) is 8.65. The Hall–Kier alpha value is -1.91. The molecule has 3 nitrogen and oxygen atoms in total. The van der Waals surface area contributed by atoms with Gasteiger partial charge < -0.3 is 10.6 Å². The summed E-state index contributed by atoms with van der Waals surface area (Å²) in [6, 6.07) is 14.4. The van der Waals surface area contributed by atoms with Gasteiger partial charge in [0, 0.05) is 17.1 Å². The Bertz CT molecular complexity index is 646. The van der Waals surface area contributed by atoms with E-state index in [-0.39, 0.29) is 17.8 Å². The Kier molecular flexibility index (Phi) is 6.56. The van der Waals surface area contributed by atoms with Crippen LogP contribution in [0.3, 0.4) is 0 Å². The first kappa shape index (κ1) is 17.4. The molecule has 0 saturated heterocycles. The van der Waals surface area contributed by atoms with Crippen LogP contribution in [0.25, 0.3) is 0 Å². The van der Waals surface area contributed by atoms with Crippen molar-refractivity contribution in [1.82, 2.24) is 5.32 Å². The van der Waals surface area contributed by atoms with E-state index in [9.17, 15) is 9.18 Å². The summed E-state index contributed by atoms with van der Waals surface area (Å²) in [6.45, 7) is 2.81. The fourth-order valence-corrected chi connectivity index (χ4v) is 2.42. The lowest BCUT2D eigenvalue weighted by Crippen LogP contribution is -2.87. The summed E-state index contributed by atoms with van der Waals surface area (Å²) in [7, 11) is 0. The topological polar surface area (TPSA) is 45.7 Å². The lowest BCUT2D eigenvalue weighted by Gasteiger charge is -2.11. The molecule has 3 N–H and O–H groups in total. The van der Waals surface area contributed by atoms with Crippen LogP contribution in [0.5, 0.6) is 0 Å². The first-order chi connectivity index (χ1) is 11.1. The summed E-state index contributed by atoms with van der Waals surface area (Å²) in [6.07, 6.45) is 0.491. The van der Waals surface area contributed by atoms with Crippen molar-refractivity contribution in [1.29, 1.82) is 0 Å². The largest absolute Gasteiger partial charge is 0.351 e. The molecule has 2 aromatic rings. The molecule has 0 aliphatic carbocycles. The molecule has 0 saturated carbocycles. The van der Waals surface area contributed by atoms with Crippen molar-refractivity contribution >= 4 is 17.5 Å². The number of carbonyl (C=O) groups is 1. The molecule has 2 aromatic carbocycles. The molecule has 0 heterocycles. The van der Waals surface area contributed by atoms with Crippen LogP contribution in [0, 0.1) is 5.82 Å². The Morgan fingerprint density at radius 3 is 2.61 bits per heavy atom. The lowest BCUT2D eigenvalue weighted by atomic mass is 10.1. The van der Waals surface area contributed by atoms with Crippen molar-refractivity contribution in [3.8, 4) is 0 Å². The number of carbonyl (C=O) groups excluding carboxylic acids is 1. The monoisotopic (exact) mass is 335 g/mol. The van der Waals surface area contributed by atoms with Crippen LogP contribution in [0.4, 0.5) is 4.39 Å². The van der Waals surface area contributed by atoms with Gasteiger partial charge in [-0.25, -0.2) is 4.39 Å². The summed E-state index contributed by atoms with van der Waals surface area (Å²) >= 11 is 5.86. The van der Waals surface area contributed by atoms with E-state index in [2.05, 4.69) is 5.32 Å². The van der Waals surface area contributed by atoms with Gasteiger partial charge in [-0.2, -0.15) is 0 Å². The van der Waals surface area contributed by atoms with Crippen LogP contribution >= 0.6 is 11.6 Å². The van der Waals surface area contributed by atoms with Crippen molar-refractivity contribution in [3.05, 3.63) is 70.5 Å². The third-order valence-corrected chi connectivity index (χ3v) is 3.98. The predicted octanol–water partition coefficient (Wildman–Crippen LogP) is 2.46. The van der Waals surface area contributed by atoms with E-state index in [1.807, 2.05) is 36.5 Å². The average Bonchev–Trinajstić information content (AvgIpc) is 2.55. The van der Waals surface area contributed by atoms with Gasteiger partial charge in [-0.3, -0.25) is 4.79 Å². The third-order valence-electron chi connectivity index (χ3n) is 3.73. The number of rotatable bonds is 7. The molecule has 0 aromatic heterocycles. The summed E-state index contributed by atoms with van der Waals surface area (Å²) in [5.41, 5.74) is 1.74. The molecule has 0 unspecified atom stereocenters. The molecular weight excluding hydrogens is 315 g/mol. The number of hydrogen-bond donors (Lipinski definition) is 2. The number of benzene rings is 2. The maximum absolute atomic E-state index is 13.5. The number of halogens is 2. The molecule has 0 bridgehead atoms. The second-order valence-corrected chi connectivity index (χ2v) is 5.91. The fourth-order valence-electron chi connectivity index (χ4n) is 2.30. The highest BCUT2D eigenvalue weighted by molar-refractivity contribution is 6.30. The highest BCUT2D eigenvalue weighted by atomic mass is 35.5. The van der Waals surface area contributed by atoms with E-state index in [0.29, 0.717) is 30.1 Å². The van der Waals surface area contributed by atoms with Crippen molar-refractivity contribution in [2.75, 3.05) is 13.1 Å². The van der Waals surface area contributed by atoms with Gasteiger partial charge in [0.2, 0.25) is 0 Å². The zero-order valence-electron chi connectivity index (χ0n) is 13.1. The Morgan fingerprint density at radius 2 is 1.91 bits per heavy atom.